The van der Waals surface area contributed by atoms with E-state index < -0.39 is 5.97 Å². The molecule has 0 saturated heterocycles. The summed E-state index contributed by atoms with van der Waals surface area (Å²) >= 11 is 7.95. The van der Waals surface area contributed by atoms with Crippen molar-refractivity contribution in [1.29, 1.82) is 0 Å². The van der Waals surface area contributed by atoms with E-state index in [-0.39, 0.29) is 10.8 Å². The summed E-state index contributed by atoms with van der Waals surface area (Å²) in [6, 6.07) is 4.91. The largest absolute Gasteiger partial charge is 0.477 e. The molecular formula is C11H8ClNO3S2. The average Bonchev–Trinajstić information content (AvgIpc) is 2.85. The third-order valence-corrected chi connectivity index (χ3v) is 4.52. The maximum Gasteiger partial charge on any atom is 0.346 e. The van der Waals surface area contributed by atoms with Crippen LogP contribution >= 0.6 is 34.3 Å². The van der Waals surface area contributed by atoms with Crippen molar-refractivity contribution in [1.82, 2.24) is 0 Å². The summed E-state index contributed by atoms with van der Waals surface area (Å²) in [5.41, 5.74) is 0.631. The number of aryl methyl sites for hydroxylation is 1. The number of rotatable bonds is 3. The lowest BCUT2D eigenvalue weighted by molar-refractivity contribution is 0.0701. The quantitative estimate of drug-likeness (QED) is 0.908. The van der Waals surface area contributed by atoms with Crippen molar-refractivity contribution in [3.8, 4) is 0 Å². The molecule has 4 nitrogen and oxygen atoms in total. The van der Waals surface area contributed by atoms with Gasteiger partial charge in [0.1, 0.15) is 4.88 Å². The highest BCUT2D eigenvalue weighted by Gasteiger charge is 2.15. The molecule has 94 valence electrons. The molecule has 0 aliphatic rings. The van der Waals surface area contributed by atoms with E-state index in [4.69, 9.17) is 16.7 Å². The second kappa shape index (κ2) is 5.09. The van der Waals surface area contributed by atoms with E-state index in [2.05, 4.69) is 5.32 Å². The fraction of sp³-hybridized carbons (Fsp3) is 0.0909. The molecular weight excluding hydrogens is 294 g/mol. The Balaban J connectivity index is 2.17. The standard InChI is InChI=1S/C11H8ClNO3S2/c1-5-4-8(18-9(5)11(15)16)13-10(14)6-2-3-7(12)17-6/h2-4H,1H3,(H,13,14)(H,15,16). The number of thiophene rings is 2. The van der Waals surface area contributed by atoms with Gasteiger partial charge in [-0.25, -0.2) is 4.79 Å². The van der Waals surface area contributed by atoms with Gasteiger partial charge >= 0.3 is 5.97 Å². The second-order valence-electron chi connectivity index (χ2n) is 3.49. The number of hydrogen-bond donors (Lipinski definition) is 2. The summed E-state index contributed by atoms with van der Waals surface area (Å²) in [6.07, 6.45) is 0. The van der Waals surface area contributed by atoms with Crippen LogP contribution in [-0.2, 0) is 0 Å². The lowest BCUT2D eigenvalue weighted by Crippen LogP contribution is -2.08. The molecule has 0 spiro atoms. The smallest absolute Gasteiger partial charge is 0.346 e. The number of anilines is 1. The first kappa shape index (κ1) is 13.1. The highest BCUT2D eigenvalue weighted by molar-refractivity contribution is 7.19. The zero-order valence-corrected chi connectivity index (χ0v) is 11.6. The summed E-state index contributed by atoms with van der Waals surface area (Å²) in [7, 11) is 0. The first-order valence-electron chi connectivity index (χ1n) is 4.88. The molecule has 2 aromatic rings. The van der Waals surface area contributed by atoms with Gasteiger partial charge in [0.15, 0.2) is 0 Å². The highest BCUT2D eigenvalue weighted by atomic mass is 35.5. The van der Waals surface area contributed by atoms with Crippen molar-refractivity contribution in [3.63, 3.8) is 0 Å². The van der Waals surface area contributed by atoms with Crippen molar-refractivity contribution in [2.45, 2.75) is 6.92 Å². The van der Waals surface area contributed by atoms with Gasteiger partial charge in [-0.05, 0) is 30.7 Å². The van der Waals surface area contributed by atoms with E-state index in [0.717, 1.165) is 11.3 Å². The van der Waals surface area contributed by atoms with Gasteiger partial charge in [0.25, 0.3) is 5.91 Å². The number of hydrogen-bond acceptors (Lipinski definition) is 4. The summed E-state index contributed by atoms with van der Waals surface area (Å²) in [5.74, 6) is -1.28. The SMILES string of the molecule is Cc1cc(NC(=O)c2ccc(Cl)s2)sc1C(=O)O. The van der Waals surface area contributed by atoms with E-state index >= 15 is 0 Å². The molecule has 0 aliphatic heterocycles. The third-order valence-electron chi connectivity index (χ3n) is 2.15. The summed E-state index contributed by atoms with van der Waals surface area (Å²) in [6.45, 7) is 1.69. The maximum atomic E-state index is 11.8. The van der Waals surface area contributed by atoms with Crippen LogP contribution in [0.3, 0.4) is 0 Å². The molecule has 0 bridgehead atoms. The molecule has 2 heterocycles. The minimum Gasteiger partial charge on any atom is -0.477 e. The van der Waals surface area contributed by atoms with Gasteiger partial charge in [-0.3, -0.25) is 4.79 Å². The Kier molecular flexibility index (Phi) is 3.70. The molecule has 0 aliphatic carbocycles. The number of halogens is 1. The van der Waals surface area contributed by atoms with Crippen molar-refractivity contribution in [2.75, 3.05) is 5.32 Å². The van der Waals surface area contributed by atoms with Crippen LogP contribution in [-0.4, -0.2) is 17.0 Å². The van der Waals surface area contributed by atoms with Crippen LogP contribution in [0.25, 0.3) is 0 Å². The number of aromatic carboxylic acids is 1. The Morgan fingerprint density at radius 2 is 2.06 bits per heavy atom. The van der Waals surface area contributed by atoms with E-state index in [1.807, 2.05) is 0 Å². The van der Waals surface area contributed by atoms with Crippen LogP contribution in [0, 0.1) is 6.92 Å². The number of amides is 1. The third kappa shape index (κ3) is 2.72. The van der Waals surface area contributed by atoms with Gasteiger partial charge in [-0.1, -0.05) is 11.6 Å². The number of carbonyl (C=O) groups excluding carboxylic acids is 1. The first-order chi connectivity index (χ1) is 8.47. The predicted octanol–water partition coefficient (Wildman–Crippen LogP) is 3.72. The van der Waals surface area contributed by atoms with Crippen molar-refractivity contribution in [2.24, 2.45) is 0 Å². The molecule has 0 saturated carbocycles. The molecule has 2 rings (SSSR count). The molecule has 18 heavy (non-hydrogen) atoms. The molecule has 0 radical (unpaired) electrons. The highest BCUT2D eigenvalue weighted by Crippen LogP contribution is 2.28. The van der Waals surface area contributed by atoms with E-state index in [0.29, 0.717) is 19.8 Å². The predicted molar refractivity (Wildman–Crippen MR) is 73.3 cm³/mol. The Labute approximate surface area is 116 Å². The monoisotopic (exact) mass is 301 g/mol. The molecule has 2 aromatic heterocycles. The fourth-order valence-electron chi connectivity index (χ4n) is 1.37. The van der Waals surface area contributed by atoms with Gasteiger partial charge in [0.05, 0.1) is 14.2 Å². The molecule has 7 heteroatoms. The lowest BCUT2D eigenvalue weighted by Gasteiger charge is -1.98. The number of nitrogens with one attached hydrogen (secondary N) is 1. The molecule has 0 fully saturated rings. The average molecular weight is 302 g/mol. The Morgan fingerprint density at radius 1 is 1.33 bits per heavy atom. The van der Waals surface area contributed by atoms with Crippen LogP contribution in [0.4, 0.5) is 5.00 Å². The number of carboxylic acid groups (broad SMARTS) is 1. The maximum absolute atomic E-state index is 11.8. The van der Waals surface area contributed by atoms with Crippen LogP contribution in [0.5, 0.6) is 0 Å². The fourth-order valence-corrected chi connectivity index (χ4v) is 3.21. The second-order valence-corrected chi connectivity index (χ2v) is 6.25. The topological polar surface area (TPSA) is 66.4 Å². The zero-order chi connectivity index (χ0) is 13.3. The van der Waals surface area contributed by atoms with Gasteiger partial charge in [0, 0.05) is 0 Å². The number of carbonyl (C=O) groups is 2. The zero-order valence-electron chi connectivity index (χ0n) is 9.19. The Hall–Kier alpha value is -1.37. The van der Waals surface area contributed by atoms with Gasteiger partial charge in [0.2, 0.25) is 0 Å². The van der Waals surface area contributed by atoms with Gasteiger partial charge in [-0.2, -0.15) is 0 Å². The molecule has 0 aromatic carbocycles. The summed E-state index contributed by atoms with van der Waals surface area (Å²) < 4.78 is 0.536. The van der Waals surface area contributed by atoms with Gasteiger partial charge < -0.3 is 10.4 Å². The van der Waals surface area contributed by atoms with Crippen LogP contribution in [0.1, 0.15) is 24.9 Å². The van der Waals surface area contributed by atoms with Crippen LogP contribution in [0.2, 0.25) is 4.34 Å². The van der Waals surface area contributed by atoms with E-state index in [1.54, 1.807) is 25.1 Å². The van der Waals surface area contributed by atoms with Crippen LogP contribution < -0.4 is 5.32 Å². The Morgan fingerprint density at radius 3 is 2.56 bits per heavy atom. The molecule has 1 amide bonds. The van der Waals surface area contributed by atoms with E-state index in [1.165, 1.54) is 11.3 Å². The number of carboxylic acids is 1. The minimum atomic E-state index is -0.989. The van der Waals surface area contributed by atoms with Crippen LogP contribution in [0.15, 0.2) is 18.2 Å². The van der Waals surface area contributed by atoms with Crippen molar-refractivity contribution >= 4 is 51.2 Å². The summed E-state index contributed by atoms with van der Waals surface area (Å²) in [5, 5.41) is 12.1. The van der Waals surface area contributed by atoms with E-state index in [9.17, 15) is 9.59 Å². The molecule has 0 unspecified atom stereocenters. The molecule has 0 atom stereocenters. The van der Waals surface area contributed by atoms with Crippen molar-refractivity contribution in [3.05, 3.63) is 37.9 Å². The lowest BCUT2D eigenvalue weighted by atomic mass is 10.3. The minimum absolute atomic E-state index is 0.231. The van der Waals surface area contributed by atoms with Gasteiger partial charge in [-0.15, -0.1) is 22.7 Å². The first-order valence-corrected chi connectivity index (χ1v) is 6.89. The van der Waals surface area contributed by atoms with Crippen molar-refractivity contribution < 1.29 is 14.7 Å². The Bertz CT molecular complexity index is 618. The summed E-state index contributed by atoms with van der Waals surface area (Å²) in [4.78, 5) is 23.4. The normalized spacial score (nSPS) is 10.3. The molecule has 2 N–H and O–H groups in total.